The third kappa shape index (κ3) is 3.75. The third-order valence-corrected chi connectivity index (χ3v) is 9.26. The molecule has 0 spiro atoms. The van der Waals surface area contributed by atoms with Gasteiger partial charge >= 0.3 is 0 Å². The summed E-state index contributed by atoms with van der Waals surface area (Å²) in [4.78, 5) is 14.0. The predicted molar refractivity (Wildman–Crippen MR) is 164 cm³/mol. The van der Waals surface area contributed by atoms with Crippen molar-refractivity contribution in [2.75, 3.05) is 4.90 Å². The predicted octanol–water partition coefficient (Wildman–Crippen LogP) is 9.57. The maximum atomic E-state index is 5.24. The monoisotopic (exact) mass is 531 g/mol. The molecule has 0 fully saturated rings. The highest BCUT2D eigenvalue weighted by Crippen LogP contribution is 2.62. The van der Waals surface area contributed by atoms with Crippen LogP contribution in [-0.4, -0.2) is 9.97 Å². The van der Waals surface area contributed by atoms with Crippen molar-refractivity contribution in [1.82, 2.24) is 9.97 Å². The summed E-state index contributed by atoms with van der Waals surface area (Å²) in [6, 6.07) is 49.4. The second-order valence-electron chi connectivity index (χ2n) is 10.2. The highest BCUT2D eigenvalue weighted by Gasteiger charge is 2.41. The molecule has 0 amide bonds. The summed E-state index contributed by atoms with van der Waals surface area (Å²) in [5, 5.41) is 0.281. The fraction of sp³-hybridized carbons (Fsp3) is 0.0556. The molecule has 2 aliphatic heterocycles. The van der Waals surface area contributed by atoms with Crippen LogP contribution in [0.5, 0.6) is 0 Å². The van der Waals surface area contributed by atoms with E-state index in [1.165, 1.54) is 27.3 Å². The van der Waals surface area contributed by atoms with Crippen LogP contribution < -0.4 is 4.90 Å². The highest BCUT2D eigenvalue weighted by atomic mass is 32.2. The highest BCUT2D eigenvalue weighted by molar-refractivity contribution is 8.00. The number of hydrogen-bond acceptors (Lipinski definition) is 4. The number of hydrogen-bond donors (Lipinski definition) is 0. The average molecular weight is 532 g/mol. The van der Waals surface area contributed by atoms with Crippen LogP contribution in [0.2, 0.25) is 0 Å². The molecule has 6 aromatic rings. The number of aromatic nitrogens is 2. The van der Waals surface area contributed by atoms with Crippen molar-refractivity contribution in [2.24, 2.45) is 0 Å². The van der Waals surface area contributed by atoms with Gasteiger partial charge in [0.1, 0.15) is 5.82 Å². The van der Waals surface area contributed by atoms with Gasteiger partial charge in [0.2, 0.25) is 0 Å². The molecule has 2 unspecified atom stereocenters. The van der Waals surface area contributed by atoms with Gasteiger partial charge in [-0.15, -0.1) is 11.8 Å². The average Bonchev–Trinajstić information content (AvgIpc) is 3.36. The SMILES string of the molecule is c1ccc(-c2cc(N3c4ccccc4C4Sc5ccccc5C4c4ccccc43)nc(-c3ccccc3)n2)cc1. The lowest BCUT2D eigenvalue weighted by Gasteiger charge is -2.27. The summed E-state index contributed by atoms with van der Waals surface area (Å²) >= 11 is 1.98. The van der Waals surface area contributed by atoms with Crippen LogP contribution in [0.25, 0.3) is 22.6 Å². The fourth-order valence-corrected chi connectivity index (χ4v) is 7.59. The first kappa shape index (κ1) is 23.2. The molecule has 4 heteroatoms. The molecular weight excluding hydrogens is 506 g/mol. The third-order valence-electron chi connectivity index (χ3n) is 7.85. The largest absolute Gasteiger partial charge is 0.294 e. The summed E-state index contributed by atoms with van der Waals surface area (Å²) in [5.74, 6) is 1.84. The number of nitrogens with zero attached hydrogens (tertiary/aromatic N) is 3. The van der Waals surface area contributed by atoms with E-state index in [4.69, 9.17) is 9.97 Å². The number of fused-ring (bicyclic) bond motifs is 7. The van der Waals surface area contributed by atoms with Crippen LogP contribution in [0.3, 0.4) is 0 Å². The molecule has 5 aromatic carbocycles. The zero-order chi connectivity index (χ0) is 26.5. The minimum Gasteiger partial charge on any atom is -0.294 e. The molecule has 0 radical (unpaired) electrons. The molecule has 0 saturated carbocycles. The number of benzene rings is 5. The first-order valence-corrected chi connectivity index (χ1v) is 14.5. The molecule has 190 valence electrons. The topological polar surface area (TPSA) is 29.0 Å². The smallest absolute Gasteiger partial charge is 0.162 e. The summed E-state index contributed by atoms with van der Waals surface area (Å²) in [6.45, 7) is 0. The van der Waals surface area contributed by atoms with E-state index in [1.807, 2.05) is 36.0 Å². The maximum absolute atomic E-state index is 5.24. The number of rotatable bonds is 3. The van der Waals surface area contributed by atoms with Gasteiger partial charge < -0.3 is 0 Å². The number of thioether (sulfide) groups is 1. The minimum absolute atomic E-state index is 0.257. The van der Waals surface area contributed by atoms with E-state index in [0.717, 1.165) is 34.2 Å². The molecule has 3 heterocycles. The molecule has 3 nitrogen and oxygen atoms in total. The van der Waals surface area contributed by atoms with E-state index >= 15 is 0 Å². The molecule has 8 rings (SSSR count). The lowest BCUT2D eigenvalue weighted by molar-refractivity contribution is 0.808. The Morgan fingerprint density at radius 2 is 1.10 bits per heavy atom. The zero-order valence-electron chi connectivity index (χ0n) is 21.7. The Bertz CT molecular complexity index is 1790. The van der Waals surface area contributed by atoms with Gasteiger partial charge in [-0.1, -0.05) is 115 Å². The lowest BCUT2D eigenvalue weighted by atomic mass is 9.86. The van der Waals surface area contributed by atoms with E-state index < -0.39 is 0 Å². The van der Waals surface area contributed by atoms with Gasteiger partial charge in [-0.25, -0.2) is 9.97 Å². The van der Waals surface area contributed by atoms with Gasteiger partial charge in [0, 0.05) is 33.3 Å². The van der Waals surface area contributed by atoms with Gasteiger partial charge in [-0.3, -0.25) is 4.90 Å². The molecule has 40 heavy (non-hydrogen) atoms. The van der Waals surface area contributed by atoms with Gasteiger partial charge in [0.15, 0.2) is 5.82 Å². The van der Waals surface area contributed by atoms with Crippen LogP contribution in [-0.2, 0) is 0 Å². The molecule has 0 aliphatic carbocycles. The van der Waals surface area contributed by atoms with E-state index in [-0.39, 0.29) is 11.2 Å². The molecule has 2 atom stereocenters. The first-order chi connectivity index (χ1) is 19.8. The van der Waals surface area contributed by atoms with Crippen LogP contribution in [0, 0.1) is 0 Å². The van der Waals surface area contributed by atoms with E-state index in [0.29, 0.717) is 0 Å². The second-order valence-corrected chi connectivity index (χ2v) is 11.4. The molecule has 0 saturated heterocycles. The second kappa shape index (κ2) is 9.51. The molecule has 1 aromatic heterocycles. The Balaban J connectivity index is 1.41. The Kier molecular flexibility index (Phi) is 5.52. The Morgan fingerprint density at radius 3 is 1.85 bits per heavy atom. The molecule has 0 bridgehead atoms. The van der Waals surface area contributed by atoms with Crippen LogP contribution in [0.1, 0.15) is 27.9 Å². The van der Waals surface area contributed by atoms with Gasteiger partial charge in [0.05, 0.1) is 17.1 Å². The van der Waals surface area contributed by atoms with E-state index in [9.17, 15) is 0 Å². The standard InChI is InChI=1S/C36H25N3S/c1-3-13-24(14-4-1)29-23-33(38-36(37-29)25-15-5-2-6-16-25)39-30-20-10-7-17-26(30)34-28-19-9-12-22-32(28)40-35(34)27-18-8-11-21-31(27)39/h1-23,34-35H. The van der Waals surface area contributed by atoms with E-state index in [2.05, 4.69) is 120 Å². The first-order valence-electron chi connectivity index (χ1n) is 13.6. The molecular formula is C36H25N3S. The molecule has 0 N–H and O–H groups in total. The van der Waals surface area contributed by atoms with Crippen molar-refractivity contribution in [3.63, 3.8) is 0 Å². The lowest BCUT2D eigenvalue weighted by Crippen LogP contribution is -2.14. The van der Waals surface area contributed by atoms with Crippen molar-refractivity contribution >= 4 is 29.0 Å². The Hall–Kier alpha value is -4.67. The van der Waals surface area contributed by atoms with Crippen molar-refractivity contribution < 1.29 is 0 Å². The number of para-hydroxylation sites is 2. The number of anilines is 3. The van der Waals surface area contributed by atoms with Crippen LogP contribution in [0.15, 0.2) is 144 Å². The van der Waals surface area contributed by atoms with Crippen molar-refractivity contribution in [2.45, 2.75) is 16.1 Å². The van der Waals surface area contributed by atoms with Gasteiger partial charge in [-0.05, 0) is 34.9 Å². The van der Waals surface area contributed by atoms with Crippen molar-refractivity contribution in [3.05, 3.63) is 156 Å². The van der Waals surface area contributed by atoms with Crippen LogP contribution >= 0.6 is 11.8 Å². The minimum atomic E-state index is 0.257. The van der Waals surface area contributed by atoms with Gasteiger partial charge in [0.25, 0.3) is 0 Å². The Labute approximate surface area is 238 Å². The van der Waals surface area contributed by atoms with Crippen molar-refractivity contribution in [3.8, 4) is 22.6 Å². The quantitative estimate of drug-likeness (QED) is 0.227. The van der Waals surface area contributed by atoms with Crippen molar-refractivity contribution in [1.29, 1.82) is 0 Å². The summed E-state index contributed by atoms with van der Waals surface area (Å²) in [7, 11) is 0. The van der Waals surface area contributed by atoms with E-state index in [1.54, 1.807) is 0 Å². The molecule has 2 aliphatic rings. The maximum Gasteiger partial charge on any atom is 0.162 e. The Morgan fingerprint density at radius 1 is 0.525 bits per heavy atom. The van der Waals surface area contributed by atoms with Gasteiger partial charge in [-0.2, -0.15) is 0 Å². The normalized spacial score (nSPS) is 16.9. The summed E-state index contributed by atoms with van der Waals surface area (Å²) in [6.07, 6.45) is 0. The van der Waals surface area contributed by atoms with Crippen LogP contribution in [0.4, 0.5) is 17.2 Å². The zero-order valence-corrected chi connectivity index (χ0v) is 22.5. The summed E-state index contributed by atoms with van der Waals surface area (Å²) in [5.41, 5.74) is 9.35. The summed E-state index contributed by atoms with van der Waals surface area (Å²) < 4.78 is 0. The fourth-order valence-electron chi connectivity index (χ4n) is 6.07.